The maximum atomic E-state index is 11.2. The molecule has 0 bridgehead atoms. The molecule has 1 aliphatic carbocycles. The van der Waals surface area contributed by atoms with Crippen LogP contribution >= 0.6 is 0 Å². The molecule has 2 N–H and O–H groups in total. The third-order valence-corrected chi connectivity index (χ3v) is 3.41. The van der Waals surface area contributed by atoms with Crippen LogP contribution in [0.4, 0.5) is 0 Å². The summed E-state index contributed by atoms with van der Waals surface area (Å²) in [7, 11) is 0. The molecule has 0 aromatic carbocycles. The molecule has 0 aromatic rings. The first kappa shape index (κ1) is 13.5. The fraction of sp³-hybridized carbons (Fsp3) is 0.538. The minimum atomic E-state index is -1.03. The van der Waals surface area contributed by atoms with Crippen LogP contribution < -0.4 is 0 Å². The van der Waals surface area contributed by atoms with Crippen LogP contribution in [-0.4, -0.2) is 22.2 Å². The summed E-state index contributed by atoms with van der Waals surface area (Å²) in [5.74, 6) is -2.75. The smallest absolute Gasteiger partial charge is 0.332 e. The maximum Gasteiger partial charge on any atom is 0.332 e. The number of hydrogen-bond donors (Lipinski definition) is 2. The Morgan fingerprint density at radius 3 is 2.53 bits per heavy atom. The summed E-state index contributed by atoms with van der Waals surface area (Å²) in [6.07, 6.45) is 6.91. The van der Waals surface area contributed by atoms with E-state index >= 15 is 0 Å². The Bertz CT molecular complexity index is 381. The second kappa shape index (κ2) is 5.17. The van der Waals surface area contributed by atoms with Gasteiger partial charge < -0.3 is 10.2 Å². The van der Waals surface area contributed by atoms with Crippen LogP contribution in [0.1, 0.15) is 33.1 Å². The Morgan fingerprint density at radius 2 is 2.06 bits per heavy atom. The Hall–Kier alpha value is -1.58. The molecule has 94 valence electrons. The fourth-order valence-electron chi connectivity index (χ4n) is 2.34. The van der Waals surface area contributed by atoms with E-state index in [0.29, 0.717) is 6.42 Å². The molecule has 0 saturated carbocycles. The van der Waals surface area contributed by atoms with Crippen LogP contribution in [0.3, 0.4) is 0 Å². The lowest BCUT2D eigenvalue weighted by Crippen LogP contribution is -2.38. The minimum Gasteiger partial charge on any atom is -0.481 e. The van der Waals surface area contributed by atoms with E-state index in [-0.39, 0.29) is 5.57 Å². The lowest BCUT2D eigenvalue weighted by molar-refractivity contribution is -0.144. The van der Waals surface area contributed by atoms with Crippen molar-refractivity contribution in [2.75, 3.05) is 0 Å². The van der Waals surface area contributed by atoms with Crippen molar-refractivity contribution in [3.05, 3.63) is 23.8 Å². The molecule has 4 heteroatoms. The molecule has 17 heavy (non-hydrogen) atoms. The van der Waals surface area contributed by atoms with Gasteiger partial charge in [0.15, 0.2) is 0 Å². The van der Waals surface area contributed by atoms with Crippen LogP contribution in [0.25, 0.3) is 0 Å². The lowest BCUT2D eigenvalue weighted by atomic mass is 9.66. The number of rotatable bonds is 5. The molecule has 0 amide bonds. The van der Waals surface area contributed by atoms with E-state index in [1.165, 1.54) is 12.2 Å². The van der Waals surface area contributed by atoms with Crippen molar-refractivity contribution >= 4 is 11.9 Å². The number of unbranched alkanes of at least 4 members (excludes halogenated alkanes) is 1. The van der Waals surface area contributed by atoms with Crippen LogP contribution in [-0.2, 0) is 9.59 Å². The second-order valence-corrected chi connectivity index (χ2v) is 4.61. The third kappa shape index (κ3) is 2.57. The monoisotopic (exact) mass is 238 g/mol. The highest BCUT2D eigenvalue weighted by molar-refractivity contribution is 5.91. The summed E-state index contributed by atoms with van der Waals surface area (Å²) < 4.78 is 0. The van der Waals surface area contributed by atoms with Gasteiger partial charge in [-0.1, -0.05) is 44.9 Å². The Morgan fingerprint density at radius 1 is 1.41 bits per heavy atom. The highest BCUT2D eigenvalue weighted by Crippen LogP contribution is 2.43. The third-order valence-electron chi connectivity index (χ3n) is 3.41. The number of carboxylic acid groups (broad SMARTS) is 2. The first-order valence-corrected chi connectivity index (χ1v) is 5.78. The molecule has 0 aliphatic heterocycles. The van der Waals surface area contributed by atoms with Crippen LogP contribution in [0.15, 0.2) is 23.8 Å². The number of hydrogen-bond acceptors (Lipinski definition) is 2. The van der Waals surface area contributed by atoms with Crippen molar-refractivity contribution in [3.8, 4) is 0 Å². The van der Waals surface area contributed by atoms with E-state index in [1.807, 2.05) is 6.92 Å². The summed E-state index contributed by atoms with van der Waals surface area (Å²) in [5.41, 5.74) is -0.622. The molecule has 0 saturated heterocycles. The fourth-order valence-corrected chi connectivity index (χ4v) is 2.34. The zero-order valence-corrected chi connectivity index (χ0v) is 10.1. The SMILES string of the molecule is CCCCC1(C)C(C(=O)O)=CC=CC1C(=O)O. The summed E-state index contributed by atoms with van der Waals surface area (Å²) >= 11 is 0. The van der Waals surface area contributed by atoms with Crippen molar-refractivity contribution < 1.29 is 19.8 Å². The van der Waals surface area contributed by atoms with Gasteiger partial charge >= 0.3 is 11.9 Å². The molecule has 0 radical (unpaired) electrons. The zero-order valence-electron chi connectivity index (χ0n) is 10.1. The van der Waals surface area contributed by atoms with Crippen molar-refractivity contribution in [1.29, 1.82) is 0 Å². The van der Waals surface area contributed by atoms with Gasteiger partial charge in [0, 0.05) is 11.0 Å². The average molecular weight is 238 g/mol. The first-order chi connectivity index (χ1) is 7.93. The zero-order chi connectivity index (χ0) is 13.1. The number of aliphatic carboxylic acids is 2. The number of carboxylic acids is 2. The van der Waals surface area contributed by atoms with Gasteiger partial charge in [-0.25, -0.2) is 4.79 Å². The molecule has 1 rings (SSSR count). The standard InChI is InChI=1S/C13H18O4/c1-3-4-8-13(2)9(11(14)15)6-5-7-10(13)12(16)17/h5-7,9H,3-4,8H2,1-2H3,(H,14,15)(H,16,17). The summed E-state index contributed by atoms with van der Waals surface area (Å²) in [6, 6.07) is 0. The molecular weight excluding hydrogens is 220 g/mol. The van der Waals surface area contributed by atoms with Gasteiger partial charge in [-0.05, 0) is 6.42 Å². The summed E-state index contributed by atoms with van der Waals surface area (Å²) in [4.78, 5) is 22.4. The first-order valence-electron chi connectivity index (χ1n) is 5.78. The van der Waals surface area contributed by atoms with Gasteiger partial charge in [-0.2, -0.15) is 0 Å². The van der Waals surface area contributed by atoms with Gasteiger partial charge in [-0.15, -0.1) is 0 Å². The predicted octanol–water partition coefficient (Wildman–Crippen LogP) is 2.46. The molecule has 0 heterocycles. The van der Waals surface area contributed by atoms with Gasteiger partial charge in [0.2, 0.25) is 0 Å². The number of carbonyl (C=O) groups is 2. The quantitative estimate of drug-likeness (QED) is 0.771. The highest BCUT2D eigenvalue weighted by atomic mass is 16.4. The minimum absolute atomic E-state index is 0.195. The topological polar surface area (TPSA) is 74.6 Å². The van der Waals surface area contributed by atoms with E-state index in [2.05, 4.69) is 0 Å². The van der Waals surface area contributed by atoms with Crippen molar-refractivity contribution in [2.45, 2.75) is 33.1 Å². The Labute approximate surface area is 101 Å². The van der Waals surface area contributed by atoms with Gasteiger partial charge in [0.1, 0.15) is 0 Å². The van der Waals surface area contributed by atoms with E-state index in [9.17, 15) is 19.8 Å². The van der Waals surface area contributed by atoms with Crippen molar-refractivity contribution in [2.24, 2.45) is 11.3 Å². The van der Waals surface area contributed by atoms with Gasteiger partial charge in [0.25, 0.3) is 0 Å². The van der Waals surface area contributed by atoms with Crippen LogP contribution in [0.2, 0.25) is 0 Å². The molecule has 2 atom stereocenters. The van der Waals surface area contributed by atoms with Gasteiger partial charge in [-0.3, -0.25) is 4.79 Å². The molecule has 1 aliphatic rings. The van der Waals surface area contributed by atoms with Gasteiger partial charge in [0.05, 0.1) is 5.92 Å². The van der Waals surface area contributed by atoms with Crippen LogP contribution in [0, 0.1) is 11.3 Å². The highest BCUT2D eigenvalue weighted by Gasteiger charge is 2.44. The maximum absolute atomic E-state index is 11.2. The van der Waals surface area contributed by atoms with Crippen molar-refractivity contribution in [3.63, 3.8) is 0 Å². The van der Waals surface area contributed by atoms with E-state index in [0.717, 1.165) is 12.8 Å². The van der Waals surface area contributed by atoms with Crippen molar-refractivity contribution in [1.82, 2.24) is 0 Å². The lowest BCUT2D eigenvalue weighted by Gasteiger charge is -2.36. The second-order valence-electron chi connectivity index (χ2n) is 4.61. The molecule has 0 aromatic heterocycles. The number of allylic oxidation sites excluding steroid dienone is 2. The molecule has 2 unspecified atom stereocenters. The molecule has 0 spiro atoms. The normalized spacial score (nSPS) is 27.6. The summed E-state index contributed by atoms with van der Waals surface area (Å²) in [6.45, 7) is 3.73. The van der Waals surface area contributed by atoms with E-state index in [4.69, 9.17) is 0 Å². The Balaban J connectivity index is 3.12. The van der Waals surface area contributed by atoms with E-state index < -0.39 is 23.3 Å². The molecule has 4 nitrogen and oxygen atoms in total. The predicted molar refractivity (Wildman–Crippen MR) is 63.6 cm³/mol. The largest absolute Gasteiger partial charge is 0.481 e. The Kier molecular flexibility index (Phi) is 4.10. The van der Waals surface area contributed by atoms with Crippen LogP contribution in [0.5, 0.6) is 0 Å². The summed E-state index contributed by atoms with van der Waals surface area (Å²) in [5, 5.41) is 18.4. The molecule has 0 fully saturated rings. The average Bonchev–Trinajstić information content (AvgIpc) is 2.25. The molecular formula is C13H18O4. The van der Waals surface area contributed by atoms with E-state index in [1.54, 1.807) is 13.0 Å².